The van der Waals surface area contributed by atoms with Crippen LogP contribution in [0.1, 0.15) is 24.9 Å². The van der Waals surface area contributed by atoms with Gasteiger partial charge in [0, 0.05) is 25.7 Å². The monoisotopic (exact) mass is 248 g/mol. The Morgan fingerprint density at radius 2 is 2.17 bits per heavy atom. The third-order valence-corrected chi connectivity index (χ3v) is 3.54. The summed E-state index contributed by atoms with van der Waals surface area (Å²) in [7, 11) is 2.16. The Bertz CT molecular complexity index is 342. The Labute approximate surface area is 110 Å². The molecular formula is C15H24N2O. The molecule has 0 saturated carbocycles. The van der Waals surface area contributed by atoms with Crippen LogP contribution in [0.15, 0.2) is 30.3 Å². The minimum absolute atomic E-state index is 0.321. The van der Waals surface area contributed by atoms with Gasteiger partial charge in [-0.25, -0.2) is 0 Å². The maximum absolute atomic E-state index is 5.77. The van der Waals surface area contributed by atoms with Gasteiger partial charge in [-0.1, -0.05) is 37.3 Å². The number of nitrogens with zero attached hydrogens (tertiary/aromatic N) is 1. The fourth-order valence-corrected chi connectivity index (χ4v) is 2.45. The zero-order valence-electron chi connectivity index (χ0n) is 11.4. The van der Waals surface area contributed by atoms with Crippen molar-refractivity contribution in [1.29, 1.82) is 0 Å². The van der Waals surface area contributed by atoms with Gasteiger partial charge in [-0.3, -0.25) is 0 Å². The third kappa shape index (κ3) is 3.80. The predicted molar refractivity (Wildman–Crippen MR) is 74.7 cm³/mol. The highest BCUT2D eigenvalue weighted by Gasteiger charge is 2.18. The maximum Gasteiger partial charge on any atom is 0.0826 e. The summed E-state index contributed by atoms with van der Waals surface area (Å²) in [5, 5.41) is 3.62. The van der Waals surface area contributed by atoms with E-state index in [1.165, 1.54) is 5.56 Å². The zero-order chi connectivity index (χ0) is 12.8. The molecule has 1 aromatic carbocycles. The van der Waals surface area contributed by atoms with Crippen molar-refractivity contribution < 1.29 is 4.74 Å². The van der Waals surface area contributed by atoms with Crippen molar-refractivity contribution in [2.45, 2.75) is 25.5 Å². The largest absolute Gasteiger partial charge is 0.374 e. The summed E-state index contributed by atoms with van der Waals surface area (Å²) in [6.45, 7) is 6.08. The molecule has 0 aromatic heterocycles. The topological polar surface area (TPSA) is 24.5 Å². The molecule has 3 nitrogen and oxygen atoms in total. The van der Waals surface area contributed by atoms with Gasteiger partial charge in [0.05, 0.1) is 12.7 Å². The molecule has 3 heteroatoms. The summed E-state index contributed by atoms with van der Waals surface area (Å²) >= 11 is 0. The quantitative estimate of drug-likeness (QED) is 0.863. The SMILES string of the molecule is CC[C@H](NC[C@H]1CN(C)CCO1)c1ccccc1. The second-order valence-electron chi connectivity index (χ2n) is 5.03. The molecular weight excluding hydrogens is 224 g/mol. The average Bonchev–Trinajstić information content (AvgIpc) is 2.41. The molecule has 18 heavy (non-hydrogen) atoms. The minimum Gasteiger partial charge on any atom is -0.374 e. The molecule has 1 fully saturated rings. The molecule has 1 aromatic rings. The van der Waals surface area contributed by atoms with E-state index in [1.807, 2.05) is 0 Å². The molecule has 0 spiro atoms. The van der Waals surface area contributed by atoms with Gasteiger partial charge in [0.2, 0.25) is 0 Å². The molecule has 0 bridgehead atoms. The van der Waals surface area contributed by atoms with Crippen LogP contribution in [0, 0.1) is 0 Å². The highest BCUT2D eigenvalue weighted by Crippen LogP contribution is 2.16. The number of likely N-dealkylation sites (N-methyl/N-ethyl adjacent to an activating group) is 1. The van der Waals surface area contributed by atoms with Gasteiger partial charge in [0.1, 0.15) is 0 Å². The molecule has 1 saturated heterocycles. The summed E-state index contributed by atoms with van der Waals surface area (Å²) in [5.74, 6) is 0. The Morgan fingerprint density at radius 1 is 1.39 bits per heavy atom. The molecule has 0 unspecified atom stereocenters. The van der Waals surface area contributed by atoms with E-state index in [0.717, 1.165) is 32.7 Å². The summed E-state index contributed by atoms with van der Waals surface area (Å²) in [4.78, 5) is 2.33. The molecule has 0 radical (unpaired) electrons. The van der Waals surface area contributed by atoms with Crippen LogP contribution in [0.5, 0.6) is 0 Å². The standard InChI is InChI=1S/C15H24N2O/c1-3-15(13-7-5-4-6-8-13)16-11-14-12-17(2)9-10-18-14/h4-8,14-16H,3,9-12H2,1-2H3/t14-,15-/m0/s1. The van der Waals surface area contributed by atoms with E-state index in [4.69, 9.17) is 4.74 Å². The van der Waals surface area contributed by atoms with Crippen molar-refractivity contribution in [3.8, 4) is 0 Å². The second-order valence-corrected chi connectivity index (χ2v) is 5.03. The van der Waals surface area contributed by atoms with E-state index in [2.05, 4.69) is 54.5 Å². The first-order valence-corrected chi connectivity index (χ1v) is 6.88. The highest BCUT2D eigenvalue weighted by molar-refractivity contribution is 5.18. The number of rotatable bonds is 5. The average molecular weight is 248 g/mol. The van der Waals surface area contributed by atoms with Crippen molar-refractivity contribution in [3.05, 3.63) is 35.9 Å². The van der Waals surface area contributed by atoms with Crippen molar-refractivity contribution in [2.75, 3.05) is 33.3 Å². The van der Waals surface area contributed by atoms with Crippen LogP contribution in [0.4, 0.5) is 0 Å². The van der Waals surface area contributed by atoms with E-state index >= 15 is 0 Å². The Balaban J connectivity index is 1.84. The lowest BCUT2D eigenvalue weighted by atomic mass is 10.0. The van der Waals surface area contributed by atoms with Gasteiger partial charge < -0.3 is 15.0 Å². The molecule has 100 valence electrons. The first-order chi connectivity index (χ1) is 8.79. The summed E-state index contributed by atoms with van der Waals surface area (Å²) in [5.41, 5.74) is 1.36. The fraction of sp³-hybridized carbons (Fsp3) is 0.600. The van der Waals surface area contributed by atoms with Crippen molar-refractivity contribution in [3.63, 3.8) is 0 Å². The smallest absolute Gasteiger partial charge is 0.0826 e. The highest BCUT2D eigenvalue weighted by atomic mass is 16.5. The van der Waals surface area contributed by atoms with Gasteiger partial charge in [0.15, 0.2) is 0 Å². The van der Waals surface area contributed by atoms with E-state index in [1.54, 1.807) is 0 Å². The van der Waals surface area contributed by atoms with E-state index in [-0.39, 0.29) is 0 Å². The van der Waals surface area contributed by atoms with Gasteiger partial charge >= 0.3 is 0 Å². The molecule has 1 aliphatic rings. The van der Waals surface area contributed by atoms with E-state index in [9.17, 15) is 0 Å². The number of hydrogen-bond acceptors (Lipinski definition) is 3. The van der Waals surface area contributed by atoms with Gasteiger partial charge in [-0.15, -0.1) is 0 Å². The van der Waals surface area contributed by atoms with Crippen molar-refractivity contribution in [1.82, 2.24) is 10.2 Å². The van der Waals surface area contributed by atoms with Gasteiger partial charge in [0.25, 0.3) is 0 Å². The fourth-order valence-electron chi connectivity index (χ4n) is 2.45. The van der Waals surface area contributed by atoms with Crippen molar-refractivity contribution in [2.24, 2.45) is 0 Å². The van der Waals surface area contributed by atoms with Crippen LogP contribution in [-0.4, -0.2) is 44.3 Å². The molecule has 1 aliphatic heterocycles. The van der Waals surface area contributed by atoms with Crippen LogP contribution in [0.2, 0.25) is 0 Å². The van der Waals surface area contributed by atoms with E-state index < -0.39 is 0 Å². The first kappa shape index (κ1) is 13.5. The summed E-state index contributed by atoms with van der Waals surface area (Å²) in [6, 6.07) is 11.1. The lowest BCUT2D eigenvalue weighted by molar-refractivity contribution is -0.0193. The Kier molecular flexibility index (Phi) is 5.17. The van der Waals surface area contributed by atoms with Crippen LogP contribution < -0.4 is 5.32 Å². The van der Waals surface area contributed by atoms with E-state index in [0.29, 0.717) is 12.1 Å². The van der Waals surface area contributed by atoms with Gasteiger partial charge in [-0.05, 0) is 19.0 Å². The third-order valence-electron chi connectivity index (χ3n) is 3.54. The van der Waals surface area contributed by atoms with Crippen molar-refractivity contribution >= 4 is 0 Å². The number of benzene rings is 1. The molecule has 1 heterocycles. The summed E-state index contributed by atoms with van der Waals surface area (Å²) in [6.07, 6.45) is 1.42. The maximum atomic E-state index is 5.77. The van der Waals surface area contributed by atoms with Crippen LogP contribution in [0.25, 0.3) is 0 Å². The Hall–Kier alpha value is -0.900. The Morgan fingerprint density at radius 3 is 2.83 bits per heavy atom. The molecule has 2 rings (SSSR count). The second kappa shape index (κ2) is 6.88. The number of morpholine rings is 1. The molecule has 2 atom stereocenters. The van der Waals surface area contributed by atoms with Crippen LogP contribution in [0.3, 0.4) is 0 Å². The normalized spacial score (nSPS) is 22.9. The van der Waals surface area contributed by atoms with Crippen LogP contribution in [-0.2, 0) is 4.74 Å². The van der Waals surface area contributed by atoms with Crippen LogP contribution >= 0.6 is 0 Å². The summed E-state index contributed by atoms with van der Waals surface area (Å²) < 4.78 is 5.77. The zero-order valence-corrected chi connectivity index (χ0v) is 11.4. The minimum atomic E-state index is 0.321. The first-order valence-electron chi connectivity index (χ1n) is 6.88. The van der Waals surface area contributed by atoms with Gasteiger partial charge in [-0.2, -0.15) is 0 Å². The predicted octanol–water partition coefficient (Wildman–Crippen LogP) is 2.06. The molecule has 1 N–H and O–H groups in total. The lowest BCUT2D eigenvalue weighted by Gasteiger charge is -2.31. The molecule has 0 amide bonds. The number of nitrogens with one attached hydrogen (secondary N) is 1. The number of hydrogen-bond donors (Lipinski definition) is 1. The number of ether oxygens (including phenoxy) is 1. The molecule has 0 aliphatic carbocycles. The lowest BCUT2D eigenvalue weighted by Crippen LogP contribution is -2.45.